The summed E-state index contributed by atoms with van der Waals surface area (Å²) < 4.78 is 50.2. The lowest BCUT2D eigenvalue weighted by Gasteiger charge is -2.32. The number of alkyl halides is 1. The summed E-state index contributed by atoms with van der Waals surface area (Å²) in [5, 5.41) is 28.8. The molecule has 1 fully saturated rings. The van der Waals surface area contributed by atoms with Crippen LogP contribution in [0.5, 0.6) is 0 Å². The standard InChI is InChI=1S/C19H13FN4O.C12H11FN2.C11H17BN2O2.C7H6BrF.C7H4N2O2/c20-16-3-1-2-13(9-16)8-14-5-7-18(23-11-14)24-19(25)17-6-4-15(10-21)12-22-17;13-11-3-1-2-9(7-11)6-10-4-5-12(14)15-8-10;1-10(2)11(3,4)16-12(15-10)8-5-6-9(13)14-7-8;8-5-6-2-1-3-7(9)4-6;8-3-5-1-2-6(7(10)11)9-4-5/h1-7,9,11-12H,8H2,(H,23,24,25);1-5,7-8H,6H2,(H2,14,15);5-7H,1-4H3,(H2,13,14);1-4H,5H2;1-2,4H,(H,10,11). The minimum atomic E-state index is -1.09. The molecule has 8 aromatic rings. The minimum Gasteiger partial charge on any atom is -0.477 e. The number of nitriles is 2. The van der Waals surface area contributed by atoms with Crippen LogP contribution in [0.25, 0.3) is 0 Å². The summed E-state index contributed by atoms with van der Waals surface area (Å²) in [4.78, 5) is 42.0. The highest BCUT2D eigenvalue weighted by atomic mass is 79.9. The molecule has 1 aliphatic rings. The molecule has 3 aromatic carbocycles. The van der Waals surface area contributed by atoms with E-state index in [1.54, 1.807) is 55.0 Å². The summed E-state index contributed by atoms with van der Waals surface area (Å²) in [6.07, 6.45) is 8.82. The number of amides is 1. The maximum atomic E-state index is 13.2. The van der Waals surface area contributed by atoms with Gasteiger partial charge < -0.3 is 31.2 Å². The number of aromatic nitrogens is 5. The SMILES string of the molecule is CC1(C)OB(c2ccc(N)nc2)OC1(C)C.Fc1cccc(CBr)c1.N#Cc1ccc(C(=O)Nc2ccc(Cc3cccc(F)c3)cn2)nc1.N#Cc1ccc(C(=O)O)nc1.Nc1ccc(Cc2cccc(F)c2)cn1. The molecular weight excluding hydrogens is 1040 g/mol. The number of carbonyl (C=O) groups excluding carboxylic acids is 1. The zero-order valence-electron chi connectivity index (χ0n) is 41.7. The van der Waals surface area contributed by atoms with E-state index >= 15 is 0 Å². The lowest BCUT2D eigenvalue weighted by molar-refractivity contribution is 0.00578. The highest BCUT2D eigenvalue weighted by molar-refractivity contribution is 9.08. The van der Waals surface area contributed by atoms with E-state index in [-0.39, 0.29) is 47.2 Å². The fraction of sp³-hybridized carbons (Fsp3) is 0.161. The second kappa shape index (κ2) is 28.0. The molecule has 15 nitrogen and oxygen atoms in total. The van der Waals surface area contributed by atoms with Crippen LogP contribution in [0.3, 0.4) is 0 Å². The molecule has 5 aromatic heterocycles. The molecule has 0 aliphatic carbocycles. The third-order valence-electron chi connectivity index (χ3n) is 11.1. The third kappa shape index (κ3) is 18.6. The van der Waals surface area contributed by atoms with Crippen molar-refractivity contribution >= 4 is 57.8 Å². The van der Waals surface area contributed by atoms with Crippen molar-refractivity contribution in [2.75, 3.05) is 16.8 Å². The van der Waals surface area contributed by atoms with Gasteiger partial charge in [0.2, 0.25) is 0 Å². The topological polar surface area (TPSA) is 249 Å². The number of anilines is 3. The average molecular weight is 1090 g/mol. The molecule has 0 unspecified atom stereocenters. The van der Waals surface area contributed by atoms with Gasteiger partial charge in [-0.3, -0.25) is 4.79 Å². The lowest BCUT2D eigenvalue weighted by Crippen LogP contribution is -2.41. The normalized spacial score (nSPS) is 12.4. The van der Waals surface area contributed by atoms with Gasteiger partial charge in [0, 0.05) is 41.8 Å². The number of carboxylic acids is 1. The summed E-state index contributed by atoms with van der Waals surface area (Å²) >= 11 is 3.22. The molecule has 6 N–H and O–H groups in total. The molecule has 0 bridgehead atoms. The number of carboxylic acid groups (broad SMARTS) is 1. The van der Waals surface area contributed by atoms with Crippen molar-refractivity contribution in [1.82, 2.24) is 24.9 Å². The van der Waals surface area contributed by atoms with Crippen LogP contribution in [0.1, 0.15) is 87.6 Å². The van der Waals surface area contributed by atoms with E-state index in [9.17, 15) is 22.8 Å². The Morgan fingerprint density at radius 2 is 1.05 bits per heavy atom. The van der Waals surface area contributed by atoms with Crippen molar-refractivity contribution in [3.8, 4) is 12.1 Å². The van der Waals surface area contributed by atoms with E-state index in [4.69, 9.17) is 36.4 Å². The molecule has 6 heterocycles. The summed E-state index contributed by atoms with van der Waals surface area (Å²) in [5.74, 6) is -0.770. The minimum absolute atomic E-state index is 0.0519. The molecule has 1 saturated heterocycles. The molecule has 0 spiro atoms. The number of nitrogens with two attached hydrogens (primary N) is 2. The first-order valence-electron chi connectivity index (χ1n) is 23.0. The van der Waals surface area contributed by atoms with Crippen molar-refractivity contribution in [3.63, 3.8) is 0 Å². The van der Waals surface area contributed by atoms with Crippen LogP contribution in [-0.2, 0) is 27.5 Å². The predicted octanol–water partition coefficient (Wildman–Crippen LogP) is 10.1. The van der Waals surface area contributed by atoms with E-state index in [1.807, 2.05) is 76.2 Å². The second-order valence-electron chi connectivity index (χ2n) is 17.5. The summed E-state index contributed by atoms with van der Waals surface area (Å²) in [5.41, 5.74) is 16.8. The number of nitrogen functional groups attached to an aromatic ring is 2. The maximum absolute atomic E-state index is 13.2. The van der Waals surface area contributed by atoms with Crippen LogP contribution in [-0.4, -0.2) is 60.2 Å². The van der Waals surface area contributed by atoms with Crippen molar-refractivity contribution in [2.45, 2.75) is 57.1 Å². The molecule has 1 aliphatic heterocycles. The van der Waals surface area contributed by atoms with Crippen molar-refractivity contribution in [3.05, 3.63) is 232 Å². The van der Waals surface area contributed by atoms with Gasteiger partial charge in [0.15, 0.2) is 0 Å². The average Bonchev–Trinajstić information content (AvgIpc) is 3.64. The molecule has 76 heavy (non-hydrogen) atoms. The van der Waals surface area contributed by atoms with Gasteiger partial charge in [0.1, 0.15) is 58.4 Å². The number of hydrogen-bond donors (Lipinski definition) is 4. The van der Waals surface area contributed by atoms with E-state index in [1.165, 1.54) is 73.1 Å². The van der Waals surface area contributed by atoms with Gasteiger partial charge >= 0.3 is 13.1 Å². The quantitative estimate of drug-likeness (QED) is 0.0776. The number of halogens is 4. The van der Waals surface area contributed by atoms with Gasteiger partial charge in [-0.05, 0) is 147 Å². The Labute approximate surface area is 446 Å². The van der Waals surface area contributed by atoms with Crippen LogP contribution >= 0.6 is 15.9 Å². The Morgan fingerprint density at radius 1 is 0.592 bits per heavy atom. The number of pyridine rings is 5. The highest BCUT2D eigenvalue weighted by Crippen LogP contribution is 2.36. The van der Waals surface area contributed by atoms with Gasteiger partial charge in [-0.15, -0.1) is 0 Å². The maximum Gasteiger partial charge on any atom is 0.496 e. The van der Waals surface area contributed by atoms with Crippen LogP contribution in [0.15, 0.2) is 164 Å². The van der Waals surface area contributed by atoms with Crippen LogP contribution in [0.2, 0.25) is 0 Å². The molecule has 0 radical (unpaired) electrons. The van der Waals surface area contributed by atoms with Gasteiger partial charge in [-0.1, -0.05) is 70.5 Å². The number of carbonyl (C=O) groups is 2. The Hall–Kier alpha value is -8.82. The number of benzene rings is 3. The molecule has 20 heteroatoms. The van der Waals surface area contributed by atoms with E-state index < -0.39 is 11.9 Å². The Bertz CT molecular complexity index is 3240. The second-order valence-corrected chi connectivity index (χ2v) is 18.0. The first-order chi connectivity index (χ1) is 36.3. The van der Waals surface area contributed by atoms with Gasteiger partial charge in [0.25, 0.3) is 5.91 Å². The van der Waals surface area contributed by atoms with Crippen LogP contribution in [0, 0.1) is 40.1 Å². The summed E-state index contributed by atoms with van der Waals surface area (Å²) in [7, 11) is -0.363. The van der Waals surface area contributed by atoms with Gasteiger partial charge in [-0.2, -0.15) is 10.5 Å². The lowest BCUT2D eigenvalue weighted by atomic mass is 9.80. The van der Waals surface area contributed by atoms with Gasteiger partial charge in [-0.25, -0.2) is 42.9 Å². The van der Waals surface area contributed by atoms with Crippen LogP contribution in [0.4, 0.5) is 30.6 Å². The molecule has 386 valence electrons. The Kier molecular flexibility index (Phi) is 21.4. The number of nitrogens with one attached hydrogen (secondary N) is 1. The zero-order chi connectivity index (χ0) is 55.3. The zero-order valence-corrected chi connectivity index (χ0v) is 43.3. The number of aromatic carboxylic acids is 1. The first-order valence-corrected chi connectivity index (χ1v) is 24.2. The smallest absolute Gasteiger partial charge is 0.477 e. The highest BCUT2D eigenvalue weighted by Gasteiger charge is 2.51. The molecule has 1 amide bonds. The molecular formula is C56H51BBrF3N10O5. The fourth-order valence-electron chi connectivity index (χ4n) is 6.43. The Balaban J connectivity index is 0.000000184. The van der Waals surface area contributed by atoms with Crippen LogP contribution < -0.4 is 22.2 Å². The number of nitrogens with zero attached hydrogens (tertiary/aromatic N) is 7. The molecule has 9 rings (SSSR count). The monoisotopic (exact) mass is 1090 g/mol. The fourth-order valence-corrected chi connectivity index (χ4v) is 6.77. The van der Waals surface area contributed by atoms with Crippen molar-refractivity contribution in [1.29, 1.82) is 10.5 Å². The van der Waals surface area contributed by atoms with Gasteiger partial charge in [0.05, 0.1) is 22.3 Å². The predicted molar refractivity (Wildman–Crippen MR) is 288 cm³/mol. The Morgan fingerprint density at radius 3 is 1.43 bits per heavy atom. The largest absolute Gasteiger partial charge is 0.496 e. The number of rotatable bonds is 9. The van der Waals surface area contributed by atoms with E-state index in [2.05, 4.69) is 46.2 Å². The van der Waals surface area contributed by atoms with E-state index in [0.29, 0.717) is 46.8 Å². The van der Waals surface area contributed by atoms with Crippen molar-refractivity contribution in [2.24, 2.45) is 0 Å². The summed E-state index contributed by atoms with van der Waals surface area (Å²) in [6.45, 7) is 8.10. The van der Waals surface area contributed by atoms with Crippen molar-refractivity contribution < 1.29 is 37.2 Å². The molecule has 0 saturated carbocycles. The van der Waals surface area contributed by atoms with E-state index in [0.717, 1.165) is 33.3 Å². The molecule has 0 atom stereocenters. The summed E-state index contributed by atoms with van der Waals surface area (Å²) in [6, 6.07) is 39.7. The third-order valence-corrected chi connectivity index (χ3v) is 11.8. The first kappa shape index (κ1) is 58.1. The number of hydrogen-bond acceptors (Lipinski definition) is 13.